The molecule has 1 aliphatic heterocycles. The Hall–Kier alpha value is -1.14. The first-order valence-electron chi connectivity index (χ1n) is 8.94. The summed E-state index contributed by atoms with van der Waals surface area (Å²) in [6.07, 6.45) is -2.82. The molecule has 1 aromatic heterocycles. The molecule has 1 fully saturated rings. The van der Waals surface area contributed by atoms with Crippen LogP contribution in [0.15, 0.2) is 15.7 Å². The lowest BCUT2D eigenvalue weighted by Gasteiger charge is -2.28. The van der Waals surface area contributed by atoms with Gasteiger partial charge >= 0.3 is 29.2 Å². The SMILES string of the molecule is CC#CC1(Cl)C(CO)[C@@H](COP(=O)(O)OP(=O)(O)OP(=O)(O)O)O[C@H]1n1c(C)cc(=O)[nH]c1=O. The molecule has 0 aliphatic carbocycles. The molecule has 1 aliphatic rings. The van der Waals surface area contributed by atoms with Crippen LogP contribution in [0.2, 0.25) is 0 Å². The molecule has 0 saturated carbocycles. The number of alkyl halides is 1. The number of halogens is 1. The van der Waals surface area contributed by atoms with Crippen molar-refractivity contribution in [2.24, 2.45) is 5.92 Å². The van der Waals surface area contributed by atoms with Crippen LogP contribution in [0, 0.1) is 24.7 Å². The second kappa shape index (κ2) is 10.5. The second-order valence-corrected chi connectivity index (χ2v) is 11.8. The number of aromatic amines is 1. The Balaban J connectivity index is 2.35. The third kappa shape index (κ3) is 6.96. The Labute approximate surface area is 195 Å². The van der Waals surface area contributed by atoms with Gasteiger partial charge in [0.05, 0.1) is 19.3 Å². The molecular formula is C14H20ClN2O14P3. The van der Waals surface area contributed by atoms with Crippen LogP contribution in [-0.4, -0.2) is 58.4 Å². The minimum atomic E-state index is -5.75. The molecule has 0 amide bonds. The van der Waals surface area contributed by atoms with Gasteiger partial charge in [0.1, 0.15) is 0 Å². The molecule has 16 nitrogen and oxygen atoms in total. The van der Waals surface area contributed by atoms with Gasteiger partial charge in [-0.15, -0.1) is 5.92 Å². The van der Waals surface area contributed by atoms with Crippen LogP contribution >= 0.6 is 35.1 Å². The van der Waals surface area contributed by atoms with E-state index < -0.39 is 71.1 Å². The van der Waals surface area contributed by atoms with Gasteiger partial charge in [0.2, 0.25) is 0 Å². The average Bonchev–Trinajstić information content (AvgIpc) is 2.88. The van der Waals surface area contributed by atoms with Gasteiger partial charge in [0.25, 0.3) is 5.56 Å². The number of ether oxygens (including phenoxy) is 1. The molecule has 1 saturated heterocycles. The quantitative estimate of drug-likeness (QED) is 0.127. The number of phosphoric acid groups is 3. The van der Waals surface area contributed by atoms with Crippen LogP contribution in [0.3, 0.4) is 0 Å². The monoisotopic (exact) mass is 568 g/mol. The fourth-order valence-electron chi connectivity index (χ4n) is 3.20. The number of hydrogen-bond donors (Lipinski definition) is 6. The molecule has 2 heterocycles. The number of aliphatic hydroxyl groups excluding tert-OH is 1. The van der Waals surface area contributed by atoms with Crippen LogP contribution in [0.4, 0.5) is 0 Å². The van der Waals surface area contributed by atoms with Crippen molar-refractivity contribution in [3.63, 3.8) is 0 Å². The van der Waals surface area contributed by atoms with E-state index in [4.69, 9.17) is 26.1 Å². The van der Waals surface area contributed by atoms with Gasteiger partial charge in [-0.05, 0) is 13.8 Å². The van der Waals surface area contributed by atoms with Crippen LogP contribution in [-0.2, 0) is 31.6 Å². The first kappa shape index (κ1) is 29.1. The molecule has 1 aromatic rings. The lowest BCUT2D eigenvalue weighted by molar-refractivity contribution is -0.0382. The van der Waals surface area contributed by atoms with E-state index in [0.717, 1.165) is 10.6 Å². The number of phosphoric ester groups is 1. The summed E-state index contributed by atoms with van der Waals surface area (Å²) in [4.78, 5) is 60.2. The van der Waals surface area contributed by atoms with Crippen LogP contribution < -0.4 is 11.2 Å². The molecule has 0 aromatic carbocycles. The predicted octanol–water partition coefficient (Wildman–Crippen LogP) is -0.305. The topological polar surface area (TPSA) is 244 Å². The van der Waals surface area contributed by atoms with E-state index >= 15 is 0 Å². The van der Waals surface area contributed by atoms with Crippen LogP contribution in [0.5, 0.6) is 0 Å². The highest BCUT2D eigenvalue weighted by molar-refractivity contribution is 7.66. The number of nitrogens with zero attached hydrogens (tertiary/aromatic N) is 1. The van der Waals surface area contributed by atoms with E-state index in [2.05, 4.69) is 25.0 Å². The third-order valence-corrected chi connectivity index (χ3v) is 8.75. The van der Waals surface area contributed by atoms with Crippen molar-refractivity contribution >= 4 is 35.1 Å². The Morgan fingerprint density at radius 3 is 2.32 bits per heavy atom. The van der Waals surface area contributed by atoms with Crippen molar-refractivity contribution in [3.05, 3.63) is 32.6 Å². The van der Waals surface area contributed by atoms with E-state index in [1.54, 1.807) is 0 Å². The molecule has 6 atom stereocenters. The minimum absolute atomic E-state index is 0.104. The lowest BCUT2D eigenvalue weighted by Crippen LogP contribution is -2.43. The van der Waals surface area contributed by atoms with Gasteiger partial charge in [-0.25, -0.2) is 18.5 Å². The summed E-state index contributed by atoms with van der Waals surface area (Å²) in [5.74, 6) is 3.94. The second-order valence-electron chi connectivity index (χ2n) is 6.80. The zero-order chi connectivity index (χ0) is 26.1. The highest BCUT2D eigenvalue weighted by Crippen LogP contribution is 2.66. The summed E-state index contributed by atoms with van der Waals surface area (Å²) < 4.78 is 52.6. The van der Waals surface area contributed by atoms with Crippen LogP contribution in [0.25, 0.3) is 0 Å². The molecular weight excluding hydrogens is 549 g/mol. The Morgan fingerprint density at radius 1 is 1.21 bits per heavy atom. The highest BCUT2D eigenvalue weighted by atomic mass is 35.5. The molecule has 6 N–H and O–H groups in total. The number of aliphatic hydroxyl groups is 1. The molecule has 2 rings (SSSR count). The lowest BCUT2D eigenvalue weighted by atomic mass is 9.89. The van der Waals surface area contributed by atoms with E-state index in [-0.39, 0.29) is 5.69 Å². The normalized spacial score (nSPS) is 28.5. The fraction of sp³-hybridized carbons (Fsp3) is 0.571. The largest absolute Gasteiger partial charge is 0.490 e. The number of H-pyrrole nitrogens is 1. The number of aromatic nitrogens is 2. The molecule has 34 heavy (non-hydrogen) atoms. The molecule has 4 unspecified atom stereocenters. The summed E-state index contributed by atoms with van der Waals surface area (Å²) in [7, 11) is -16.8. The first-order valence-corrected chi connectivity index (χ1v) is 13.8. The maximum absolute atomic E-state index is 12.4. The summed E-state index contributed by atoms with van der Waals surface area (Å²) in [6, 6.07) is 1.06. The molecule has 0 radical (unpaired) electrons. The summed E-state index contributed by atoms with van der Waals surface area (Å²) in [5.41, 5.74) is -1.53. The number of nitrogens with one attached hydrogen (secondary N) is 1. The first-order chi connectivity index (χ1) is 15.4. The maximum atomic E-state index is 12.4. The Kier molecular flexibility index (Phi) is 8.95. The van der Waals surface area contributed by atoms with E-state index in [1.807, 2.05) is 4.98 Å². The van der Waals surface area contributed by atoms with Crippen molar-refractivity contribution in [1.29, 1.82) is 0 Å². The van der Waals surface area contributed by atoms with Crippen molar-refractivity contribution in [2.75, 3.05) is 13.2 Å². The van der Waals surface area contributed by atoms with Crippen LogP contribution in [0.1, 0.15) is 18.8 Å². The number of rotatable bonds is 9. The third-order valence-electron chi connectivity index (χ3n) is 4.39. The van der Waals surface area contributed by atoms with Gasteiger partial charge in [0.15, 0.2) is 11.1 Å². The number of aryl methyl sites for hydroxylation is 1. The van der Waals surface area contributed by atoms with Crippen molar-refractivity contribution < 1.29 is 56.3 Å². The van der Waals surface area contributed by atoms with E-state index in [9.17, 15) is 38.2 Å². The summed E-state index contributed by atoms with van der Waals surface area (Å²) >= 11 is 6.63. The van der Waals surface area contributed by atoms with E-state index in [0.29, 0.717) is 0 Å². The molecule has 0 bridgehead atoms. The average molecular weight is 569 g/mol. The maximum Gasteiger partial charge on any atom is 0.490 e. The van der Waals surface area contributed by atoms with Crippen molar-refractivity contribution in [1.82, 2.24) is 9.55 Å². The van der Waals surface area contributed by atoms with Gasteiger partial charge < -0.3 is 29.4 Å². The Morgan fingerprint density at radius 2 is 1.82 bits per heavy atom. The zero-order valence-corrected chi connectivity index (χ0v) is 20.7. The Bertz CT molecular complexity index is 1250. The zero-order valence-electron chi connectivity index (χ0n) is 17.3. The summed E-state index contributed by atoms with van der Waals surface area (Å²) in [5, 5.41) is 9.90. The smallest absolute Gasteiger partial charge is 0.396 e. The molecule has 20 heteroatoms. The van der Waals surface area contributed by atoms with E-state index in [1.165, 1.54) is 13.8 Å². The summed E-state index contributed by atoms with van der Waals surface area (Å²) in [6.45, 7) is 1.11. The van der Waals surface area contributed by atoms with Crippen molar-refractivity contribution in [2.45, 2.75) is 31.1 Å². The molecule has 0 spiro atoms. The predicted molar refractivity (Wildman–Crippen MR) is 112 cm³/mol. The van der Waals surface area contributed by atoms with Gasteiger partial charge in [-0.1, -0.05) is 17.5 Å². The van der Waals surface area contributed by atoms with Gasteiger partial charge in [-0.2, -0.15) is 8.62 Å². The minimum Gasteiger partial charge on any atom is -0.396 e. The molecule has 192 valence electrons. The number of hydrogen-bond acceptors (Lipinski definition) is 10. The standard InChI is InChI=1S/C14H20ClN2O14P3/c1-3-4-14(15)9(6-18)10(29-12(14)17-8(2)5-11(19)16-13(17)20)7-28-33(24,25)31-34(26,27)30-32(21,22)23/h5,9-10,12,18H,6-7H2,1-2H3,(H,24,25)(H,26,27)(H,16,19,20)(H2,21,22,23)/t9?,10-,12-,14?/m1/s1. The van der Waals surface area contributed by atoms with Crippen molar-refractivity contribution in [3.8, 4) is 11.8 Å². The van der Waals surface area contributed by atoms with Gasteiger partial charge in [0, 0.05) is 17.7 Å². The van der Waals surface area contributed by atoms with Gasteiger partial charge in [-0.3, -0.25) is 18.9 Å². The fourth-order valence-corrected chi connectivity index (χ4v) is 6.68. The highest BCUT2D eigenvalue weighted by Gasteiger charge is 2.57.